The van der Waals surface area contributed by atoms with Crippen LogP contribution in [0.3, 0.4) is 0 Å². The molecule has 0 bridgehead atoms. The minimum absolute atomic E-state index is 0.0110. The van der Waals surface area contributed by atoms with Gasteiger partial charge in [-0.1, -0.05) is 26.0 Å². The van der Waals surface area contributed by atoms with Crippen molar-refractivity contribution in [1.82, 2.24) is 5.32 Å². The zero-order valence-electron chi connectivity index (χ0n) is 13.1. The van der Waals surface area contributed by atoms with E-state index in [0.717, 1.165) is 25.1 Å². The molecule has 3 nitrogen and oxygen atoms in total. The average Bonchev–Trinajstić information content (AvgIpc) is 2.74. The van der Waals surface area contributed by atoms with Gasteiger partial charge in [0.05, 0.1) is 11.7 Å². The van der Waals surface area contributed by atoms with Gasteiger partial charge in [0.2, 0.25) is 0 Å². The van der Waals surface area contributed by atoms with Gasteiger partial charge >= 0.3 is 0 Å². The van der Waals surface area contributed by atoms with E-state index in [2.05, 4.69) is 45.1 Å². The van der Waals surface area contributed by atoms with Crippen LogP contribution in [-0.2, 0) is 11.3 Å². The molecule has 2 rings (SSSR count). The van der Waals surface area contributed by atoms with Crippen molar-refractivity contribution in [2.45, 2.75) is 64.8 Å². The summed E-state index contributed by atoms with van der Waals surface area (Å²) in [5.74, 6) is 0.932. The van der Waals surface area contributed by atoms with Gasteiger partial charge in [-0.3, -0.25) is 0 Å². The highest BCUT2D eigenvalue weighted by Gasteiger charge is 2.31. The largest absolute Gasteiger partial charge is 0.491 e. The van der Waals surface area contributed by atoms with Crippen LogP contribution in [0.5, 0.6) is 5.75 Å². The molecule has 1 aliphatic heterocycles. The molecular weight excluding hydrogens is 250 g/mol. The topological polar surface area (TPSA) is 30.5 Å². The highest BCUT2D eigenvalue weighted by atomic mass is 16.6. The van der Waals surface area contributed by atoms with Crippen molar-refractivity contribution >= 4 is 0 Å². The van der Waals surface area contributed by atoms with Crippen molar-refractivity contribution in [3.8, 4) is 5.75 Å². The van der Waals surface area contributed by atoms with Gasteiger partial charge in [0, 0.05) is 12.6 Å². The molecule has 1 aromatic rings. The fourth-order valence-electron chi connectivity index (χ4n) is 2.45. The summed E-state index contributed by atoms with van der Waals surface area (Å²) >= 11 is 0. The Morgan fingerprint density at radius 3 is 2.85 bits per heavy atom. The molecule has 0 aromatic heterocycles. The minimum atomic E-state index is 0.0110. The third-order valence-electron chi connectivity index (χ3n) is 3.60. The summed E-state index contributed by atoms with van der Waals surface area (Å²) in [4.78, 5) is 0. The highest BCUT2D eigenvalue weighted by Crippen LogP contribution is 2.29. The zero-order valence-corrected chi connectivity index (χ0v) is 13.1. The van der Waals surface area contributed by atoms with Crippen LogP contribution in [-0.4, -0.2) is 24.4 Å². The van der Waals surface area contributed by atoms with Crippen LogP contribution in [0.15, 0.2) is 24.3 Å². The van der Waals surface area contributed by atoms with E-state index in [9.17, 15) is 0 Å². The van der Waals surface area contributed by atoms with Crippen molar-refractivity contribution in [2.75, 3.05) is 6.61 Å². The minimum Gasteiger partial charge on any atom is -0.491 e. The number of ether oxygens (including phenoxy) is 2. The lowest BCUT2D eigenvalue weighted by Gasteiger charge is -2.19. The highest BCUT2D eigenvalue weighted by molar-refractivity contribution is 5.28. The van der Waals surface area contributed by atoms with Crippen molar-refractivity contribution in [3.63, 3.8) is 0 Å². The first-order valence-corrected chi connectivity index (χ1v) is 7.57. The molecule has 1 aliphatic rings. The van der Waals surface area contributed by atoms with E-state index in [-0.39, 0.29) is 11.7 Å². The second kappa shape index (κ2) is 6.59. The molecule has 1 heterocycles. The fraction of sp³-hybridized carbons (Fsp3) is 0.647. The Bertz CT molecular complexity index is 429. The van der Waals surface area contributed by atoms with Crippen LogP contribution >= 0.6 is 0 Å². The second-order valence-electron chi connectivity index (χ2n) is 6.53. The smallest absolute Gasteiger partial charge is 0.119 e. The molecule has 0 spiro atoms. The summed E-state index contributed by atoms with van der Waals surface area (Å²) in [7, 11) is 0. The van der Waals surface area contributed by atoms with Crippen LogP contribution in [0.1, 0.15) is 46.1 Å². The van der Waals surface area contributed by atoms with E-state index in [4.69, 9.17) is 9.47 Å². The predicted octanol–water partition coefficient (Wildman–Crippen LogP) is 3.52. The van der Waals surface area contributed by atoms with Gasteiger partial charge in [0.15, 0.2) is 0 Å². The van der Waals surface area contributed by atoms with E-state index in [1.807, 2.05) is 12.1 Å². The summed E-state index contributed by atoms with van der Waals surface area (Å²) in [6, 6.07) is 8.78. The quantitative estimate of drug-likeness (QED) is 0.863. The summed E-state index contributed by atoms with van der Waals surface area (Å²) in [5.41, 5.74) is 1.26. The Morgan fingerprint density at radius 1 is 1.40 bits per heavy atom. The van der Waals surface area contributed by atoms with Gasteiger partial charge in [-0.15, -0.1) is 0 Å². The molecule has 0 amide bonds. The maximum atomic E-state index is 5.94. The molecule has 1 aromatic carbocycles. The molecule has 1 N–H and O–H groups in total. The number of nitrogens with one attached hydrogen (secondary N) is 1. The SMILES string of the molecule is CC(C)NCc1cccc(OCC2CCC(C)(C)O2)c1. The predicted molar refractivity (Wildman–Crippen MR) is 82.1 cm³/mol. The molecule has 0 saturated carbocycles. The lowest BCUT2D eigenvalue weighted by molar-refractivity contribution is -0.0326. The van der Waals surface area contributed by atoms with Crippen molar-refractivity contribution < 1.29 is 9.47 Å². The standard InChI is InChI=1S/C17H27NO2/c1-13(2)18-11-14-6-5-7-15(10-14)19-12-16-8-9-17(3,4)20-16/h5-7,10,13,16,18H,8-9,11-12H2,1-4H3. The van der Waals surface area contributed by atoms with Gasteiger partial charge in [-0.05, 0) is 44.4 Å². The fourth-order valence-corrected chi connectivity index (χ4v) is 2.45. The maximum Gasteiger partial charge on any atom is 0.119 e. The Kier molecular flexibility index (Phi) is 5.06. The first-order chi connectivity index (χ1) is 9.44. The first kappa shape index (κ1) is 15.3. The molecule has 0 aliphatic carbocycles. The molecule has 3 heteroatoms. The summed E-state index contributed by atoms with van der Waals surface area (Å²) in [6.45, 7) is 10.1. The van der Waals surface area contributed by atoms with Gasteiger partial charge in [-0.25, -0.2) is 0 Å². The molecule has 1 saturated heterocycles. The number of hydrogen-bond acceptors (Lipinski definition) is 3. The van der Waals surface area contributed by atoms with E-state index in [0.29, 0.717) is 12.6 Å². The Balaban J connectivity index is 1.82. The number of benzene rings is 1. The molecular formula is C17H27NO2. The van der Waals surface area contributed by atoms with E-state index in [1.165, 1.54) is 5.56 Å². The third-order valence-corrected chi connectivity index (χ3v) is 3.60. The molecule has 112 valence electrons. The summed E-state index contributed by atoms with van der Waals surface area (Å²) in [6.07, 6.45) is 2.42. The summed E-state index contributed by atoms with van der Waals surface area (Å²) in [5, 5.41) is 3.42. The van der Waals surface area contributed by atoms with Crippen molar-refractivity contribution in [1.29, 1.82) is 0 Å². The first-order valence-electron chi connectivity index (χ1n) is 7.57. The van der Waals surface area contributed by atoms with Gasteiger partial charge in [0.1, 0.15) is 12.4 Å². The van der Waals surface area contributed by atoms with E-state index >= 15 is 0 Å². The molecule has 1 fully saturated rings. The second-order valence-corrected chi connectivity index (χ2v) is 6.53. The molecule has 20 heavy (non-hydrogen) atoms. The zero-order chi connectivity index (χ0) is 14.6. The molecule has 1 unspecified atom stereocenters. The van der Waals surface area contributed by atoms with Crippen LogP contribution in [0.2, 0.25) is 0 Å². The van der Waals surface area contributed by atoms with Crippen LogP contribution in [0.25, 0.3) is 0 Å². The van der Waals surface area contributed by atoms with E-state index < -0.39 is 0 Å². The monoisotopic (exact) mass is 277 g/mol. The Morgan fingerprint density at radius 2 is 2.20 bits per heavy atom. The van der Waals surface area contributed by atoms with E-state index in [1.54, 1.807) is 0 Å². The molecule has 0 radical (unpaired) electrons. The lowest BCUT2D eigenvalue weighted by atomic mass is 10.1. The van der Waals surface area contributed by atoms with Crippen LogP contribution in [0.4, 0.5) is 0 Å². The van der Waals surface area contributed by atoms with Gasteiger partial charge in [0.25, 0.3) is 0 Å². The average molecular weight is 277 g/mol. The summed E-state index contributed by atoms with van der Waals surface area (Å²) < 4.78 is 11.8. The Hall–Kier alpha value is -1.06. The van der Waals surface area contributed by atoms with Crippen molar-refractivity contribution in [3.05, 3.63) is 29.8 Å². The lowest BCUT2D eigenvalue weighted by Crippen LogP contribution is -2.24. The number of rotatable bonds is 6. The van der Waals surface area contributed by atoms with Gasteiger partial charge in [-0.2, -0.15) is 0 Å². The molecule has 1 atom stereocenters. The van der Waals surface area contributed by atoms with Gasteiger partial charge < -0.3 is 14.8 Å². The Labute approximate surface area is 122 Å². The number of hydrogen-bond donors (Lipinski definition) is 1. The van der Waals surface area contributed by atoms with Crippen LogP contribution < -0.4 is 10.1 Å². The third kappa shape index (κ3) is 4.80. The van der Waals surface area contributed by atoms with Crippen molar-refractivity contribution in [2.24, 2.45) is 0 Å². The maximum absolute atomic E-state index is 5.94. The van der Waals surface area contributed by atoms with Crippen LogP contribution in [0, 0.1) is 0 Å². The normalized spacial score (nSPS) is 21.4.